The Kier molecular flexibility index (Phi) is 6.74. The van der Waals surface area contributed by atoms with Gasteiger partial charge >= 0.3 is 5.97 Å². The lowest BCUT2D eigenvalue weighted by atomic mass is 10.2. The van der Waals surface area contributed by atoms with Gasteiger partial charge in [0, 0.05) is 0 Å². The molecule has 0 saturated carbocycles. The van der Waals surface area contributed by atoms with Crippen LogP contribution in [0.1, 0.15) is 19.4 Å². The molecule has 0 spiro atoms. The molecule has 0 radical (unpaired) electrons. The molecule has 1 amide bonds. The van der Waals surface area contributed by atoms with Crippen LogP contribution in [0.25, 0.3) is 0 Å². The van der Waals surface area contributed by atoms with Crippen LogP contribution in [0.3, 0.4) is 0 Å². The fourth-order valence-corrected chi connectivity index (χ4v) is 2.22. The summed E-state index contributed by atoms with van der Waals surface area (Å²) in [5, 5.41) is 11.2. The van der Waals surface area contributed by atoms with Crippen molar-refractivity contribution in [3.8, 4) is 11.8 Å². The van der Waals surface area contributed by atoms with E-state index < -0.39 is 29.9 Å². The second-order valence-electron chi connectivity index (χ2n) is 5.59. The van der Waals surface area contributed by atoms with Gasteiger partial charge in [0.25, 0.3) is 5.91 Å². The van der Waals surface area contributed by atoms with Gasteiger partial charge in [-0.3, -0.25) is 4.79 Å². The number of anilines is 1. The highest BCUT2D eigenvalue weighted by Gasteiger charge is 2.23. The highest BCUT2D eigenvalue weighted by atomic mass is 35.5. The molecule has 0 heterocycles. The number of ether oxygens (including phenoxy) is 2. The van der Waals surface area contributed by atoms with Crippen LogP contribution in [-0.2, 0) is 14.3 Å². The van der Waals surface area contributed by atoms with E-state index in [4.69, 9.17) is 26.3 Å². The molecule has 0 fully saturated rings. The van der Waals surface area contributed by atoms with Crippen molar-refractivity contribution in [2.24, 2.45) is 0 Å². The fourth-order valence-electron chi connectivity index (χ4n) is 2.01. The zero-order valence-electron chi connectivity index (χ0n) is 14.5. The SMILES string of the molecule is C[C@H](OC(=O)[C@@H](C)Oc1ccc(C#N)cc1)C(=O)Nc1ccc(F)cc1Cl. The van der Waals surface area contributed by atoms with Crippen LogP contribution in [0.4, 0.5) is 10.1 Å². The number of amides is 1. The number of rotatable bonds is 6. The third kappa shape index (κ3) is 5.69. The topological polar surface area (TPSA) is 88.4 Å². The van der Waals surface area contributed by atoms with Crippen molar-refractivity contribution < 1.29 is 23.5 Å². The Bertz CT molecular complexity index is 880. The molecule has 0 aliphatic heterocycles. The van der Waals surface area contributed by atoms with Gasteiger partial charge in [0.1, 0.15) is 11.6 Å². The van der Waals surface area contributed by atoms with Crippen molar-refractivity contribution in [1.82, 2.24) is 0 Å². The second-order valence-corrected chi connectivity index (χ2v) is 6.00. The molecule has 0 unspecified atom stereocenters. The number of nitriles is 1. The van der Waals surface area contributed by atoms with Crippen molar-refractivity contribution in [2.75, 3.05) is 5.32 Å². The summed E-state index contributed by atoms with van der Waals surface area (Å²) < 4.78 is 23.5. The number of carbonyl (C=O) groups excluding carboxylic acids is 2. The number of hydrogen-bond acceptors (Lipinski definition) is 5. The molecule has 6 nitrogen and oxygen atoms in total. The van der Waals surface area contributed by atoms with Crippen LogP contribution < -0.4 is 10.1 Å². The standard InChI is InChI=1S/C19H16ClFN2O4/c1-11(18(24)23-17-8-5-14(21)9-16(17)20)27-19(25)12(2)26-15-6-3-13(10-22)4-7-15/h3-9,11-12H,1-2H3,(H,23,24)/t11-,12+/m0/s1. The molecule has 2 atom stereocenters. The number of halogens is 2. The van der Waals surface area contributed by atoms with Gasteiger partial charge in [-0.1, -0.05) is 11.6 Å². The van der Waals surface area contributed by atoms with Crippen LogP contribution in [0.2, 0.25) is 5.02 Å². The Morgan fingerprint density at radius 3 is 2.41 bits per heavy atom. The van der Waals surface area contributed by atoms with Gasteiger partial charge in [0.2, 0.25) is 0 Å². The minimum Gasteiger partial charge on any atom is -0.479 e. The van der Waals surface area contributed by atoms with E-state index in [9.17, 15) is 14.0 Å². The van der Waals surface area contributed by atoms with Crippen molar-refractivity contribution in [2.45, 2.75) is 26.1 Å². The predicted octanol–water partition coefficient (Wildman–Crippen LogP) is 3.69. The highest BCUT2D eigenvalue weighted by Crippen LogP contribution is 2.22. The maximum atomic E-state index is 13.0. The number of esters is 1. The maximum absolute atomic E-state index is 13.0. The molecular weight excluding hydrogens is 375 g/mol. The molecule has 27 heavy (non-hydrogen) atoms. The summed E-state index contributed by atoms with van der Waals surface area (Å²) in [6.45, 7) is 2.86. The third-order valence-electron chi connectivity index (χ3n) is 3.48. The summed E-state index contributed by atoms with van der Waals surface area (Å²) in [5.41, 5.74) is 0.662. The maximum Gasteiger partial charge on any atom is 0.347 e. The molecule has 2 aromatic carbocycles. The minimum absolute atomic E-state index is 0.0272. The van der Waals surface area contributed by atoms with E-state index in [1.165, 1.54) is 19.9 Å². The first-order valence-corrected chi connectivity index (χ1v) is 8.31. The fraction of sp³-hybridized carbons (Fsp3) is 0.211. The quantitative estimate of drug-likeness (QED) is 0.760. The van der Waals surface area contributed by atoms with Gasteiger partial charge < -0.3 is 14.8 Å². The second kappa shape index (κ2) is 9.01. The summed E-state index contributed by atoms with van der Waals surface area (Å²) in [5.74, 6) is -1.52. The molecule has 2 rings (SSSR count). The van der Waals surface area contributed by atoms with Gasteiger partial charge in [0.05, 0.1) is 22.3 Å². The van der Waals surface area contributed by atoms with Crippen molar-refractivity contribution in [1.29, 1.82) is 5.26 Å². The normalized spacial score (nSPS) is 12.4. The van der Waals surface area contributed by atoms with Gasteiger partial charge in [-0.2, -0.15) is 5.26 Å². The van der Waals surface area contributed by atoms with Gasteiger partial charge in [0.15, 0.2) is 12.2 Å². The molecule has 2 aromatic rings. The van der Waals surface area contributed by atoms with E-state index in [1.807, 2.05) is 6.07 Å². The van der Waals surface area contributed by atoms with E-state index in [0.717, 1.165) is 12.1 Å². The molecule has 1 N–H and O–H groups in total. The van der Waals surface area contributed by atoms with Crippen LogP contribution >= 0.6 is 11.6 Å². The number of benzene rings is 2. The first-order chi connectivity index (χ1) is 12.8. The lowest BCUT2D eigenvalue weighted by Crippen LogP contribution is -2.35. The van der Waals surface area contributed by atoms with Crippen molar-refractivity contribution in [3.63, 3.8) is 0 Å². The summed E-state index contributed by atoms with van der Waals surface area (Å²) in [6, 6.07) is 11.7. The Morgan fingerprint density at radius 1 is 1.15 bits per heavy atom. The molecule has 0 aliphatic carbocycles. The minimum atomic E-state index is -1.12. The van der Waals surface area contributed by atoms with E-state index >= 15 is 0 Å². The molecular formula is C19H16ClFN2O4. The van der Waals surface area contributed by atoms with Crippen molar-refractivity contribution >= 4 is 29.2 Å². The zero-order chi connectivity index (χ0) is 20.0. The summed E-state index contributed by atoms with van der Waals surface area (Å²) in [4.78, 5) is 24.2. The number of nitrogens with one attached hydrogen (secondary N) is 1. The average molecular weight is 391 g/mol. The van der Waals surface area contributed by atoms with E-state index in [1.54, 1.807) is 24.3 Å². The number of hydrogen-bond donors (Lipinski definition) is 1. The first-order valence-electron chi connectivity index (χ1n) is 7.93. The van der Waals surface area contributed by atoms with E-state index in [2.05, 4.69) is 5.32 Å². The van der Waals surface area contributed by atoms with Crippen LogP contribution in [0.15, 0.2) is 42.5 Å². The molecule has 0 aliphatic rings. The summed E-state index contributed by atoms with van der Waals surface area (Å²) in [6.07, 6.45) is -2.09. The summed E-state index contributed by atoms with van der Waals surface area (Å²) in [7, 11) is 0. The zero-order valence-corrected chi connectivity index (χ0v) is 15.3. The first kappa shape index (κ1) is 20.2. The van der Waals surface area contributed by atoms with Crippen LogP contribution in [-0.4, -0.2) is 24.1 Å². The molecule has 0 bridgehead atoms. The number of nitrogens with zero attached hydrogens (tertiary/aromatic N) is 1. The largest absolute Gasteiger partial charge is 0.479 e. The van der Waals surface area contributed by atoms with E-state index in [0.29, 0.717) is 11.3 Å². The molecule has 8 heteroatoms. The molecule has 0 aromatic heterocycles. The van der Waals surface area contributed by atoms with Crippen molar-refractivity contribution in [3.05, 3.63) is 58.9 Å². The van der Waals surface area contributed by atoms with Crippen LogP contribution in [0, 0.1) is 17.1 Å². The average Bonchev–Trinajstić information content (AvgIpc) is 2.64. The Balaban J connectivity index is 1.91. The summed E-state index contributed by atoms with van der Waals surface area (Å²) >= 11 is 5.84. The lowest BCUT2D eigenvalue weighted by molar-refractivity contribution is -0.159. The Hall–Kier alpha value is -3.11. The molecule has 140 valence electrons. The van der Waals surface area contributed by atoms with Crippen LogP contribution in [0.5, 0.6) is 5.75 Å². The Morgan fingerprint density at radius 2 is 1.81 bits per heavy atom. The number of carbonyl (C=O) groups is 2. The highest BCUT2D eigenvalue weighted by molar-refractivity contribution is 6.33. The van der Waals surface area contributed by atoms with Gasteiger partial charge in [-0.15, -0.1) is 0 Å². The monoisotopic (exact) mass is 390 g/mol. The smallest absolute Gasteiger partial charge is 0.347 e. The Labute approximate surface area is 160 Å². The molecule has 0 saturated heterocycles. The third-order valence-corrected chi connectivity index (χ3v) is 3.79. The van der Waals surface area contributed by atoms with Gasteiger partial charge in [-0.25, -0.2) is 9.18 Å². The van der Waals surface area contributed by atoms with Gasteiger partial charge in [-0.05, 0) is 56.3 Å². The lowest BCUT2D eigenvalue weighted by Gasteiger charge is -2.18. The van der Waals surface area contributed by atoms with E-state index in [-0.39, 0.29) is 10.7 Å². The predicted molar refractivity (Wildman–Crippen MR) is 96.8 cm³/mol.